The van der Waals surface area contributed by atoms with E-state index in [0.29, 0.717) is 59.7 Å². The van der Waals surface area contributed by atoms with E-state index in [-0.39, 0.29) is 28.2 Å². The fourth-order valence-corrected chi connectivity index (χ4v) is 7.88. The van der Waals surface area contributed by atoms with Crippen LogP contribution in [0.25, 0.3) is 32.9 Å². The maximum absolute atomic E-state index is 13.1. The molecule has 9 rings (SSSR count). The Hall–Kier alpha value is -6.50. The van der Waals surface area contributed by atoms with Crippen molar-refractivity contribution in [3.63, 3.8) is 0 Å². The number of halogens is 6. The fourth-order valence-electron chi connectivity index (χ4n) is 6.27. The van der Waals surface area contributed by atoms with Crippen LogP contribution in [-0.4, -0.2) is 17.9 Å². The summed E-state index contributed by atoms with van der Waals surface area (Å²) in [6.07, 6.45) is 0. The van der Waals surface area contributed by atoms with Crippen molar-refractivity contribution < 1.29 is 46.2 Å². The lowest BCUT2D eigenvalue weighted by atomic mass is 10.1. The Balaban J connectivity index is 0.000000153. The Morgan fingerprint density at radius 1 is 0.464 bits per heavy atom. The van der Waals surface area contributed by atoms with Gasteiger partial charge < -0.3 is 27.5 Å². The second-order valence-electron chi connectivity index (χ2n) is 14.4. The summed E-state index contributed by atoms with van der Waals surface area (Å²) in [6.45, 7) is 0. The van der Waals surface area contributed by atoms with Gasteiger partial charge in [0, 0.05) is 47.7 Å². The highest BCUT2D eigenvalue weighted by atomic mass is 79.9. The number of carbonyl (C=O) groups is 3. The molecule has 12 nitrogen and oxygen atoms in total. The van der Waals surface area contributed by atoms with Crippen molar-refractivity contribution in [2.75, 3.05) is 0 Å². The number of carbonyl (C=O) groups excluding carboxylic acids is 3. The number of benzene rings is 6. The Morgan fingerprint density at radius 3 is 1.19 bits per heavy atom. The summed E-state index contributed by atoms with van der Waals surface area (Å²) in [4.78, 5) is 72.5. The van der Waals surface area contributed by atoms with Crippen LogP contribution in [0.15, 0.2) is 178 Å². The molecule has 0 aliphatic rings. The van der Waals surface area contributed by atoms with Gasteiger partial charge in [-0.15, -0.1) is 0 Å². The van der Waals surface area contributed by atoms with E-state index in [1.54, 1.807) is 60.7 Å². The number of ether oxygens (including phenoxy) is 3. The molecule has 0 fully saturated rings. The van der Waals surface area contributed by atoms with E-state index in [1.165, 1.54) is 42.5 Å². The zero-order valence-corrected chi connectivity index (χ0v) is 42.2. The summed E-state index contributed by atoms with van der Waals surface area (Å²) < 4.78 is 44.8. The molecule has 0 aliphatic carbocycles. The maximum atomic E-state index is 13.1. The maximum Gasteiger partial charge on any atom is 0.351 e. The standard InChI is InChI=1S/C17H10Br2O4.C17H10BrClO4.C17H10BrFO4/c3*18-9-10-4-5-15-11(6-10)7-14(17(21)23-15)16(20)22-13-3-1-2-12(19)8-13/h3*1-8H,9H2. The predicted octanol–water partition coefficient (Wildman–Crippen LogP) is 13.3. The van der Waals surface area contributed by atoms with Crippen LogP contribution in [0.4, 0.5) is 4.39 Å². The van der Waals surface area contributed by atoms with Gasteiger partial charge in [-0.25, -0.2) is 33.2 Å². The van der Waals surface area contributed by atoms with Crippen molar-refractivity contribution in [2.24, 2.45) is 0 Å². The minimum Gasteiger partial charge on any atom is -0.423 e. The molecule has 3 heterocycles. The van der Waals surface area contributed by atoms with E-state index >= 15 is 0 Å². The quantitative estimate of drug-likeness (QED) is 0.0581. The van der Waals surface area contributed by atoms with Gasteiger partial charge in [0.1, 0.15) is 56.5 Å². The summed E-state index contributed by atoms with van der Waals surface area (Å²) in [7, 11) is 0. The fraction of sp³-hybridized carbons (Fsp3) is 0.0588. The van der Waals surface area contributed by atoms with E-state index < -0.39 is 40.6 Å². The minimum atomic E-state index is -0.893. The third-order valence-electron chi connectivity index (χ3n) is 9.53. The van der Waals surface area contributed by atoms with Crippen LogP contribution in [0.3, 0.4) is 0 Å². The molecule has 69 heavy (non-hydrogen) atoms. The SMILES string of the molecule is O=C(Oc1cccc(Br)c1)c1cc2cc(CBr)ccc2oc1=O.O=C(Oc1cccc(Cl)c1)c1cc2cc(CBr)ccc2oc1=O.O=C(Oc1cccc(F)c1)c1cc2cc(CBr)ccc2oc1=O. The molecule has 0 aliphatic heterocycles. The molecule has 0 saturated carbocycles. The van der Waals surface area contributed by atoms with Crippen LogP contribution in [0, 0.1) is 5.82 Å². The van der Waals surface area contributed by atoms with Gasteiger partial charge in [-0.1, -0.05) is 112 Å². The lowest BCUT2D eigenvalue weighted by Gasteiger charge is -2.05. The zero-order valence-electron chi connectivity index (χ0n) is 35.1. The van der Waals surface area contributed by atoms with Gasteiger partial charge in [0.2, 0.25) is 0 Å². The van der Waals surface area contributed by atoms with E-state index in [2.05, 4.69) is 63.7 Å². The van der Waals surface area contributed by atoms with E-state index in [9.17, 15) is 33.2 Å². The molecule has 0 spiro atoms. The highest BCUT2D eigenvalue weighted by Crippen LogP contribution is 2.24. The average molecular weight is 1210 g/mol. The molecule has 9 aromatic rings. The van der Waals surface area contributed by atoms with Gasteiger partial charge in [-0.05, 0) is 120 Å². The molecule has 0 N–H and O–H groups in total. The van der Waals surface area contributed by atoms with Gasteiger partial charge in [-0.2, -0.15) is 0 Å². The zero-order chi connectivity index (χ0) is 49.2. The molecule has 0 unspecified atom stereocenters. The summed E-state index contributed by atoms with van der Waals surface area (Å²) in [5.41, 5.74) is 1.40. The largest absolute Gasteiger partial charge is 0.423 e. The Kier molecular flexibility index (Phi) is 16.9. The molecule has 0 saturated heterocycles. The highest BCUT2D eigenvalue weighted by Gasteiger charge is 2.19. The molecule has 348 valence electrons. The summed E-state index contributed by atoms with van der Waals surface area (Å²) in [6, 6.07) is 38.7. The monoisotopic (exact) mass is 1200 g/mol. The smallest absolute Gasteiger partial charge is 0.351 e. The number of esters is 3. The first kappa shape index (κ1) is 50.4. The summed E-state index contributed by atoms with van der Waals surface area (Å²) in [5, 5.41) is 4.31. The number of rotatable bonds is 9. The van der Waals surface area contributed by atoms with Gasteiger partial charge >= 0.3 is 34.8 Å². The molecular weight excluding hydrogens is 1180 g/mol. The van der Waals surface area contributed by atoms with Crippen molar-refractivity contribution in [1.29, 1.82) is 0 Å². The van der Waals surface area contributed by atoms with Crippen LogP contribution in [0.1, 0.15) is 47.8 Å². The average Bonchev–Trinajstić information content (AvgIpc) is 3.33. The molecule has 0 bridgehead atoms. The topological polar surface area (TPSA) is 170 Å². The van der Waals surface area contributed by atoms with Crippen LogP contribution >= 0.6 is 75.3 Å². The molecule has 18 heteroatoms. The molecule has 0 amide bonds. The highest BCUT2D eigenvalue weighted by molar-refractivity contribution is 9.10. The van der Waals surface area contributed by atoms with E-state index in [4.69, 9.17) is 39.1 Å². The number of alkyl halides is 3. The lowest BCUT2D eigenvalue weighted by Crippen LogP contribution is -2.18. The van der Waals surface area contributed by atoms with Gasteiger partial charge in [0.15, 0.2) is 0 Å². The predicted molar refractivity (Wildman–Crippen MR) is 272 cm³/mol. The van der Waals surface area contributed by atoms with Crippen LogP contribution in [-0.2, 0) is 16.0 Å². The Morgan fingerprint density at radius 2 is 0.826 bits per heavy atom. The molecule has 3 aromatic heterocycles. The first-order valence-corrected chi connectivity index (χ1v) is 24.5. The van der Waals surface area contributed by atoms with Gasteiger partial charge in [0.05, 0.1) is 0 Å². The first-order chi connectivity index (χ1) is 33.2. The molecule has 0 radical (unpaired) electrons. The van der Waals surface area contributed by atoms with Crippen LogP contribution in [0.5, 0.6) is 17.2 Å². The second-order valence-corrected chi connectivity index (χ2v) is 17.4. The van der Waals surface area contributed by atoms with Crippen molar-refractivity contribution in [3.05, 3.63) is 226 Å². The second kappa shape index (κ2) is 23.2. The summed E-state index contributed by atoms with van der Waals surface area (Å²) >= 11 is 19.2. The lowest BCUT2D eigenvalue weighted by molar-refractivity contribution is 0.0720. The van der Waals surface area contributed by atoms with Crippen LogP contribution in [0.2, 0.25) is 5.02 Å². The number of hydrogen-bond acceptors (Lipinski definition) is 12. The van der Waals surface area contributed by atoms with Crippen molar-refractivity contribution >= 4 is 126 Å². The molecule has 6 aromatic carbocycles. The Bertz CT molecular complexity index is 3220. The normalized spacial score (nSPS) is 10.7. The molecular formula is C51H30Br4ClFO12. The number of fused-ring (bicyclic) bond motifs is 3. The van der Waals surface area contributed by atoms with Gasteiger partial charge in [0.25, 0.3) is 0 Å². The van der Waals surface area contributed by atoms with E-state index in [1.807, 2.05) is 36.4 Å². The van der Waals surface area contributed by atoms with Crippen LogP contribution < -0.4 is 31.1 Å². The van der Waals surface area contributed by atoms with E-state index in [0.717, 1.165) is 27.2 Å². The minimum absolute atomic E-state index is 0.0173. The van der Waals surface area contributed by atoms with Crippen molar-refractivity contribution in [3.8, 4) is 17.2 Å². The van der Waals surface area contributed by atoms with Gasteiger partial charge in [-0.3, -0.25) is 0 Å². The Labute approximate surface area is 428 Å². The first-order valence-electron chi connectivity index (χ1n) is 20.0. The third-order valence-corrected chi connectivity index (χ3v) is 12.2. The van der Waals surface area contributed by atoms with Crippen molar-refractivity contribution in [2.45, 2.75) is 16.0 Å². The molecule has 0 atom stereocenters. The third kappa shape index (κ3) is 13.2. The van der Waals surface area contributed by atoms with Crippen molar-refractivity contribution in [1.82, 2.24) is 0 Å². The number of hydrogen-bond donors (Lipinski definition) is 0. The summed E-state index contributed by atoms with van der Waals surface area (Å²) in [5.74, 6) is -2.34.